The zero-order valence-electron chi connectivity index (χ0n) is 14.9. The molecule has 2 aromatic rings. The summed E-state index contributed by atoms with van der Waals surface area (Å²) in [7, 11) is 0. The number of amides is 1. The lowest BCUT2D eigenvalue weighted by molar-refractivity contribution is -0.122. The highest BCUT2D eigenvalue weighted by molar-refractivity contribution is 5.80. The summed E-state index contributed by atoms with van der Waals surface area (Å²) in [6, 6.07) is 7.42. The molecule has 1 aliphatic heterocycles. The zero-order valence-corrected chi connectivity index (χ0v) is 14.9. The molecule has 2 heterocycles. The van der Waals surface area contributed by atoms with Gasteiger partial charge in [0.15, 0.2) is 0 Å². The van der Waals surface area contributed by atoms with Crippen LogP contribution in [0.25, 0.3) is 11.0 Å². The van der Waals surface area contributed by atoms with Crippen molar-refractivity contribution in [3.05, 3.63) is 40.8 Å². The monoisotopic (exact) mass is 342 g/mol. The predicted octanol–water partition coefficient (Wildman–Crippen LogP) is 1.63. The van der Waals surface area contributed by atoms with Gasteiger partial charge in [-0.05, 0) is 44.4 Å². The predicted molar refractivity (Wildman–Crippen MR) is 98.4 cm³/mol. The molecular formula is C19H26N4O2. The Kier molecular flexibility index (Phi) is 5.48. The molecule has 0 saturated carbocycles. The zero-order chi connectivity index (χ0) is 17.8. The van der Waals surface area contributed by atoms with Gasteiger partial charge in [0.1, 0.15) is 6.54 Å². The lowest BCUT2D eigenvalue weighted by Crippen LogP contribution is -2.46. The summed E-state index contributed by atoms with van der Waals surface area (Å²) in [6.45, 7) is 7.35. The number of aromatic nitrogens is 2. The number of nitrogens with one attached hydrogen (secondary N) is 1. The number of likely N-dealkylation sites (tertiary alicyclic amines) is 1. The van der Waals surface area contributed by atoms with Crippen LogP contribution in [0.3, 0.4) is 0 Å². The van der Waals surface area contributed by atoms with Gasteiger partial charge < -0.3 is 10.2 Å². The van der Waals surface area contributed by atoms with Crippen molar-refractivity contribution in [3.8, 4) is 0 Å². The van der Waals surface area contributed by atoms with Crippen LogP contribution in [0.5, 0.6) is 0 Å². The largest absolute Gasteiger partial charge is 0.351 e. The van der Waals surface area contributed by atoms with Crippen molar-refractivity contribution in [2.24, 2.45) is 5.92 Å². The smallest absolute Gasteiger partial charge is 0.269 e. The first-order chi connectivity index (χ1) is 12.0. The Morgan fingerprint density at radius 1 is 1.40 bits per heavy atom. The number of piperidine rings is 1. The quantitative estimate of drug-likeness (QED) is 0.897. The normalized spacial score (nSPS) is 19.7. The van der Waals surface area contributed by atoms with E-state index in [9.17, 15) is 9.59 Å². The van der Waals surface area contributed by atoms with Crippen LogP contribution in [0.1, 0.15) is 26.7 Å². The third kappa shape index (κ3) is 4.45. The van der Waals surface area contributed by atoms with Gasteiger partial charge in [-0.25, -0.2) is 4.98 Å². The summed E-state index contributed by atoms with van der Waals surface area (Å²) in [6.07, 6.45) is 3.78. The molecule has 1 aliphatic rings. The fraction of sp³-hybridized carbons (Fsp3) is 0.526. The third-order valence-electron chi connectivity index (χ3n) is 4.73. The van der Waals surface area contributed by atoms with E-state index in [1.54, 1.807) is 0 Å². The van der Waals surface area contributed by atoms with Crippen LogP contribution in [0.15, 0.2) is 35.3 Å². The van der Waals surface area contributed by atoms with Gasteiger partial charge in [0.25, 0.3) is 5.56 Å². The summed E-state index contributed by atoms with van der Waals surface area (Å²) in [5.74, 6) is 0.578. The van der Waals surface area contributed by atoms with E-state index in [0.29, 0.717) is 11.0 Å². The first-order valence-electron chi connectivity index (χ1n) is 8.99. The first kappa shape index (κ1) is 17.6. The number of fused-ring (bicyclic) bond motifs is 1. The van der Waals surface area contributed by atoms with Gasteiger partial charge in [0.05, 0.1) is 17.2 Å². The highest BCUT2D eigenvalue weighted by Crippen LogP contribution is 2.15. The number of hydrogen-bond acceptors (Lipinski definition) is 4. The number of carbonyl (C=O) groups is 1. The molecule has 1 saturated heterocycles. The Bertz CT molecular complexity index is 801. The number of nitrogens with zero attached hydrogens (tertiary/aromatic N) is 3. The molecule has 1 N–H and O–H groups in total. The van der Waals surface area contributed by atoms with E-state index in [1.165, 1.54) is 23.6 Å². The SMILES string of the molecule is CC1CCCN(CC(C)NC(=O)Cn2c(=O)cnc3ccccc32)C1. The van der Waals surface area contributed by atoms with Gasteiger partial charge in [-0.3, -0.25) is 14.2 Å². The fourth-order valence-corrected chi connectivity index (χ4v) is 3.63. The van der Waals surface area contributed by atoms with Crippen LogP contribution in [0.4, 0.5) is 0 Å². The molecule has 1 aromatic heterocycles. The Morgan fingerprint density at radius 2 is 2.20 bits per heavy atom. The topological polar surface area (TPSA) is 67.2 Å². The molecule has 6 heteroatoms. The minimum atomic E-state index is -0.258. The maximum atomic E-state index is 12.4. The number of rotatable bonds is 5. The molecule has 134 valence electrons. The van der Waals surface area contributed by atoms with Crippen molar-refractivity contribution in [2.75, 3.05) is 19.6 Å². The van der Waals surface area contributed by atoms with Gasteiger partial charge in [0.2, 0.25) is 5.91 Å². The molecule has 0 aliphatic carbocycles. The van der Waals surface area contributed by atoms with Crippen molar-refractivity contribution < 1.29 is 4.79 Å². The molecule has 6 nitrogen and oxygen atoms in total. The number of carbonyl (C=O) groups excluding carboxylic acids is 1. The van der Waals surface area contributed by atoms with Crippen LogP contribution in [-0.2, 0) is 11.3 Å². The molecule has 2 unspecified atom stereocenters. The Morgan fingerprint density at radius 3 is 3.00 bits per heavy atom. The van der Waals surface area contributed by atoms with Crippen molar-refractivity contribution in [3.63, 3.8) is 0 Å². The van der Waals surface area contributed by atoms with Crippen molar-refractivity contribution >= 4 is 16.9 Å². The molecule has 1 aromatic carbocycles. The summed E-state index contributed by atoms with van der Waals surface area (Å²) in [5, 5.41) is 3.02. The highest BCUT2D eigenvalue weighted by Gasteiger charge is 2.19. The Labute approximate surface area is 147 Å². The van der Waals surface area contributed by atoms with Crippen molar-refractivity contribution in [1.29, 1.82) is 0 Å². The first-order valence-corrected chi connectivity index (χ1v) is 8.99. The minimum absolute atomic E-state index is 0.0165. The average Bonchev–Trinajstić information content (AvgIpc) is 2.57. The van der Waals surface area contributed by atoms with Gasteiger partial charge in [-0.15, -0.1) is 0 Å². The molecule has 2 atom stereocenters. The van der Waals surface area contributed by atoms with Crippen LogP contribution < -0.4 is 10.9 Å². The number of benzene rings is 1. The molecule has 0 bridgehead atoms. The van der Waals surface area contributed by atoms with E-state index < -0.39 is 0 Å². The summed E-state index contributed by atoms with van der Waals surface area (Å²) < 4.78 is 1.48. The van der Waals surface area contributed by atoms with Crippen LogP contribution in [-0.4, -0.2) is 46.0 Å². The molecule has 3 rings (SSSR count). The summed E-state index contributed by atoms with van der Waals surface area (Å²) in [4.78, 5) is 31.1. The van der Waals surface area contributed by atoms with E-state index in [2.05, 4.69) is 22.1 Å². The van der Waals surface area contributed by atoms with E-state index in [1.807, 2.05) is 31.2 Å². The van der Waals surface area contributed by atoms with Gasteiger partial charge in [-0.2, -0.15) is 0 Å². The molecule has 0 radical (unpaired) electrons. The summed E-state index contributed by atoms with van der Waals surface area (Å²) >= 11 is 0. The van der Waals surface area contributed by atoms with E-state index in [-0.39, 0.29) is 24.1 Å². The third-order valence-corrected chi connectivity index (χ3v) is 4.73. The number of para-hydroxylation sites is 2. The highest BCUT2D eigenvalue weighted by atomic mass is 16.2. The lowest BCUT2D eigenvalue weighted by Gasteiger charge is -2.32. The Hall–Kier alpha value is -2.21. The van der Waals surface area contributed by atoms with Crippen LogP contribution in [0.2, 0.25) is 0 Å². The molecule has 0 spiro atoms. The second-order valence-corrected chi connectivity index (χ2v) is 7.15. The second kappa shape index (κ2) is 7.78. The van der Waals surface area contributed by atoms with E-state index in [4.69, 9.17) is 0 Å². The standard InChI is InChI=1S/C19H26N4O2/c1-14-6-5-9-22(11-14)12-15(2)21-18(24)13-23-17-8-4-3-7-16(17)20-10-19(23)25/h3-4,7-8,10,14-15H,5-6,9,11-13H2,1-2H3,(H,21,24). The minimum Gasteiger partial charge on any atom is -0.351 e. The molecular weight excluding hydrogens is 316 g/mol. The van der Waals surface area contributed by atoms with Crippen molar-refractivity contribution in [2.45, 2.75) is 39.3 Å². The van der Waals surface area contributed by atoms with Crippen LogP contribution in [0, 0.1) is 5.92 Å². The Balaban J connectivity index is 1.63. The summed E-state index contributed by atoms with van der Waals surface area (Å²) in [5.41, 5.74) is 1.14. The molecule has 1 amide bonds. The maximum absolute atomic E-state index is 12.4. The lowest BCUT2D eigenvalue weighted by atomic mass is 10.00. The van der Waals surface area contributed by atoms with Gasteiger partial charge in [-0.1, -0.05) is 19.1 Å². The van der Waals surface area contributed by atoms with E-state index in [0.717, 1.165) is 25.6 Å². The fourth-order valence-electron chi connectivity index (χ4n) is 3.63. The van der Waals surface area contributed by atoms with Gasteiger partial charge >= 0.3 is 0 Å². The molecule has 25 heavy (non-hydrogen) atoms. The van der Waals surface area contributed by atoms with Crippen LogP contribution >= 0.6 is 0 Å². The van der Waals surface area contributed by atoms with Gasteiger partial charge in [0, 0.05) is 19.1 Å². The maximum Gasteiger partial charge on any atom is 0.269 e. The van der Waals surface area contributed by atoms with E-state index >= 15 is 0 Å². The average molecular weight is 342 g/mol. The van der Waals surface area contributed by atoms with Crippen molar-refractivity contribution in [1.82, 2.24) is 19.8 Å². The number of hydrogen-bond donors (Lipinski definition) is 1. The second-order valence-electron chi connectivity index (χ2n) is 7.15. The molecule has 1 fully saturated rings.